The van der Waals surface area contributed by atoms with Gasteiger partial charge >= 0.3 is 11.9 Å². The van der Waals surface area contributed by atoms with Crippen LogP contribution in [0.15, 0.2) is 54.7 Å². The molecule has 262 valence electrons. The number of aromatic nitrogens is 3. The summed E-state index contributed by atoms with van der Waals surface area (Å²) in [4.78, 5) is 62.2. The number of rotatable bonds is 11. The van der Waals surface area contributed by atoms with E-state index < -0.39 is 40.8 Å². The predicted molar refractivity (Wildman–Crippen MR) is 182 cm³/mol. The number of amides is 3. The second kappa shape index (κ2) is 14.9. The van der Waals surface area contributed by atoms with Gasteiger partial charge in [-0.15, -0.1) is 5.10 Å². The molecule has 1 heterocycles. The third-order valence-corrected chi connectivity index (χ3v) is 7.84. The molecule has 0 aliphatic heterocycles. The van der Waals surface area contributed by atoms with Gasteiger partial charge in [0.1, 0.15) is 17.1 Å². The van der Waals surface area contributed by atoms with Crippen molar-refractivity contribution in [2.75, 3.05) is 16.0 Å². The van der Waals surface area contributed by atoms with Crippen LogP contribution in [0.25, 0.3) is 0 Å². The number of aromatic hydroxyl groups is 2. The minimum Gasteiger partial charge on any atom is -0.507 e. The number of phenols is 2. The normalized spacial score (nSPS) is 11.7. The fourth-order valence-corrected chi connectivity index (χ4v) is 4.67. The van der Waals surface area contributed by atoms with E-state index in [1.807, 2.05) is 0 Å². The topological polar surface area (TPSA) is 222 Å². The summed E-state index contributed by atoms with van der Waals surface area (Å²) in [7, 11) is 0. The molecule has 3 amide bonds. The van der Waals surface area contributed by atoms with Gasteiger partial charge in [0.25, 0.3) is 11.8 Å². The molecule has 3 aromatic carbocycles. The first-order chi connectivity index (χ1) is 23.5. The van der Waals surface area contributed by atoms with Crippen molar-refractivity contribution in [3.05, 3.63) is 88.2 Å². The minimum absolute atomic E-state index is 0.110. The maximum Gasteiger partial charge on any atom is 0.339 e. The number of aromatic carboxylic acids is 1. The monoisotopic (exact) mass is 686 g/mol. The molecule has 0 aliphatic rings. The Morgan fingerprint density at radius 2 is 1.38 bits per heavy atom. The van der Waals surface area contributed by atoms with Gasteiger partial charge in [-0.2, -0.15) is 0 Å². The summed E-state index contributed by atoms with van der Waals surface area (Å²) in [6.07, 6.45) is 1.78. The number of anilines is 3. The summed E-state index contributed by atoms with van der Waals surface area (Å²) in [5.74, 6) is -4.61. The average Bonchev–Trinajstić information content (AvgIpc) is 3.50. The first-order valence-corrected chi connectivity index (χ1v) is 15.4. The molecule has 15 nitrogen and oxygen atoms in total. The maximum atomic E-state index is 13.0. The molecule has 1 aromatic heterocycles. The van der Waals surface area contributed by atoms with Crippen molar-refractivity contribution in [1.82, 2.24) is 15.0 Å². The number of benzene rings is 3. The molecule has 15 heteroatoms. The van der Waals surface area contributed by atoms with Crippen molar-refractivity contribution in [3.8, 4) is 11.5 Å². The number of nitrogens with one attached hydrogen (secondary N) is 3. The summed E-state index contributed by atoms with van der Waals surface area (Å²) in [6, 6.07) is 11.4. The number of hydrogen-bond donors (Lipinski definition) is 6. The Morgan fingerprint density at radius 3 is 1.96 bits per heavy atom. The highest BCUT2D eigenvalue weighted by Gasteiger charge is 2.24. The van der Waals surface area contributed by atoms with Crippen LogP contribution in [-0.2, 0) is 27.5 Å². The third kappa shape index (κ3) is 8.42. The molecular weight excluding hydrogens is 648 g/mol. The molecule has 0 aliphatic carbocycles. The van der Waals surface area contributed by atoms with Gasteiger partial charge in [-0.25, -0.2) is 9.48 Å². The Bertz CT molecular complexity index is 1960. The van der Waals surface area contributed by atoms with Gasteiger partial charge in [0, 0.05) is 46.1 Å². The fourth-order valence-electron chi connectivity index (χ4n) is 4.67. The van der Waals surface area contributed by atoms with Crippen LogP contribution < -0.4 is 16.0 Å². The first-order valence-electron chi connectivity index (χ1n) is 15.4. The number of nitrogens with zero attached hydrogens (tertiary/aromatic N) is 3. The number of carbonyl (C=O) groups excluding carboxylic acids is 4. The molecule has 50 heavy (non-hydrogen) atoms. The van der Waals surface area contributed by atoms with Crippen LogP contribution in [0.4, 0.5) is 17.1 Å². The van der Waals surface area contributed by atoms with Crippen molar-refractivity contribution in [2.45, 2.75) is 54.7 Å². The Balaban J connectivity index is 1.35. The van der Waals surface area contributed by atoms with E-state index >= 15 is 0 Å². The summed E-state index contributed by atoms with van der Waals surface area (Å²) >= 11 is 0. The van der Waals surface area contributed by atoms with Crippen LogP contribution in [-0.4, -0.2) is 60.0 Å². The Kier molecular flexibility index (Phi) is 10.9. The van der Waals surface area contributed by atoms with Crippen molar-refractivity contribution in [3.63, 3.8) is 0 Å². The van der Waals surface area contributed by atoms with Crippen molar-refractivity contribution in [1.29, 1.82) is 0 Å². The van der Waals surface area contributed by atoms with Crippen molar-refractivity contribution in [2.24, 2.45) is 11.3 Å². The molecule has 4 aromatic rings. The summed E-state index contributed by atoms with van der Waals surface area (Å²) in [6.45, 7) is 9.78. The van der Waals surface area contributed by atoms with E-state index in [0.29, 0.717) is 11.4 Å². The number of ether oxygens (including phenoxy) is 1. The molecule has 1 atom stereocenters. The highest BCUT2D eigenvalue weighted by atomic mass is 16.5. The van der Waals surface area contributed by atoms with E-state index in [1.165, 1.54) is 55.1 Å². The highest BCUT2D eigenvalue weighted by Crippen LogP contribution is 2.32. The Labute approximate surface area is 287 Å². The van der Waals surface area contributed by atoms with E-state index in [2.05, 4.69) is 26.3 Å². The van der Waals surface area contributed by atoms with E-state index in [4.69, 9.17) is 4.74 Å². The quantitative estimate of drug-likeness (QED) is 0.117. The second-order valence-corrected chi connectivity index (χ2v) is 12.7. The lowest BCUT2D eigenvalue weighted by molar-refractivity contribution is -0.157. The molecule has 6 N–H and O–H groups in total. The summed E-state index contributed by atoms with van der Waals surface area (Å²) in [5.41, 5.74) is 0.976. The molecule has 0 bridgehead atoms. The van der Waals surface area contributed by atoms with Gasteiger partial charge in [0.05, 0.1) is 22.9 Å². The van der Waals surface area contributed by atoms with Crippen LogP contribution in [0.3, 0.4) is 0 Å². The van der Waals surface area contributed by atoms with Crippen molar-refractivity contribution < 1.29 is 44.0 Å². The first kappa shape index (κ1) is 36.6. The Hall–Kier alpha value is -6.25. The smallest absolute Gasteiger partial charge is 0.339 e. The standard InChI is InChI=1S/C35H38N6O9/c1-18(15-23-16-36-40-41(23)17-50-34(49)35(4,5)6)30(44)37-22-9-7-21(8-10-22)31(45)38-26-13-11-24(28(42)19(26)2)32(46)39-27-14-12-25(33(47)48)29(43)20(27)3/h7-14,16,18,42-43H,15,17H2,1-6H3,(H,37,44)(H,38,45)(H,39,46)(H,47,48)/t18-/m0/s1. The largest absolute Gasteiger partial charge is 0.507 e. The average molecular weight is 687 g/mol. The van der Waals surface area contributed by atoms with Crippen molar-refractivity contribution >= 4 is 46.7 Å². The lowest BCUT2D eigenvalue weighted by Crippen LogP contribution is -2.26. The number of carboxylic acids is 1. The molecule has 0 saturated heterocycles. The van der Waals surface area contributed by atoms with Crippen LogP contribution >= 0.6 is 0 Å². The highest BCUT2D eigenvalue weighted by molar-refractivity contribution is 6.09. The van der Waals surface area contributed by atoms with Crippen LogP contribution in [0.1, 0.15) is 75.6 Å². The Morgan fingerprint density at radius 1 is 0.820 bits per heavy atom. The molecule has 0 spiro atoms. The van der Waals surface area contributed by atoms with Gasteiger partial charge in [-0.05, 0) is 83.1 Å². The van der Waals surface area contributed by atoms with Gasteiger partial charge in [-0.3, -0.25) is 19.2 Å². The van der Waals surface area contributed by atoms with Crippen LogP contribution in [0.2, 0.25) is 0 Å². The lowest BCUT2D eigenvalue weighted by Gasteiger charge is -2.17. The number of phenolic OH excluding ortho intramolecular Hbond substituents is 1. The fraction of sp³-hybridized carbons (Fsp3) is 0.286. The maximum absolute atomic E-state index is 13.0. The molecule has 4 rings (SSSR count). The van der Waals surface area contributed by atoms with Crippen LogP contribution in [0, 0.1) is 25.2 Å². The van der Waals surface area contributed by atoms with Crippen LogP contribution in [0.5, 0.6) is 11.5 Å². The minimum atomic E-state index is -1.32. The number of esters is 1. The zero-order valence-electron chi connectivity index (χ0n) is 28.3. The summed E-state index contributed by atoms with van der Waals surface area (Å²) < 4.78 is 6.72. The molecule has 0 unspecified atom stereocenters. The van der Waals surface area contributed by atoms with E-state index in [9.17, 15) is 39.3 Å². The third-order valence-electron chi connectivity index (χ3n) is 7.84. The van der Waals surface area contributed by atoms with E-state index in [1.54, 1.807) is 39.8 Å². The summed E-state index contributed by atoms with van der Waals surface area (Å²) in [5, 5.41) is 46.0. The predicted octanol–water partition coefficient (Wildman–Crippen LogP) is 4.87. The zero-order chi connectivity index (χ0) is 36.9. The molecule has 0 saturated carbocycles. The number of carboxylic acid groups (broad SMARTS) is 1. The molecule has 0 radical (unpaired) electrons. The number of hydrogen-bond acceptors (Lipinski definition) is 10. The van der Waals surface area contributed by atoms with Gasteiger partial charge in [0.15, 0.2) is 6.73 Å². The van der Waals surface area contributed by atoms with Gasteiger partial charge < -0.3 is 36.0 Å². The lowest BCUT2D eigenvalue weighted by atomic mass is 9.98. The zero-order valence-corrected chi connectivity index (χ0v) is 28.3. The second-order valence-electron chi connectivity index (χ2n) is 12.7. The SMILES string of the molecule is Cc1c(NC(=O)c2ccc(NC(=O)c3ccc(NC(=O)[C@@H](C)Cc4cnnn4COC(=O)C(C)(C)C)cc3)c(C)c2O)ccc(C(=O)O)c1O. The van der Waals surface area contributed by atoms with Gasteiger partial charge in [-0.1, -0.05) is 12.1 Å². The number of carbonyl (C=O) groups is 5. The molecule has 0 fully saturated rings. The van der Waals surface area contributed by atoms with E-state index in [0.717, 1.165) is 6.07 Å². The van der Waals surface area contributed by atoms with E-state index in [-0.39, 0.29) is 64.0 Å². The van der Waals surface area contributed by atoms with Gasteiger partial charge in [0.2, 0.25) is 5.91 Å². The molecular formula is C35H38N6O9.